The predicted molar refractivity (Wildman–Crippen MR) is 80.6 cm³/mol. The van der Waals surface area contributed by atoms with Crippen LogP contribution < -0.4 is 10.6 Å². The Kier molecular flexibility index (Phi) is 5.62. The summed E-state index contributed by atoms with van der Waals surface area (Å²) in [5.74, 6) is -0.231. The summed E-state index contributed by atoms with van der Waals surface area (Å²) in [7, 11) is 1.64. The first-order valence-electron chi connectivity index (χ1n) is 8.27. The quantitative estimate of drug-likeness (QED) is 0.735. The van der Waals surface area contributed by atoms with E-state index < -0.39 is 5.60 Å². The van der Waals surface area contributed by atoms with Gasteiger partial charge in [0.1, 0.15) is 0 Å². The highest BCUT2D eigenvalue weighted by atomic mass is 16.3. The molecule has 0 heterocycles. The molecular weight excluding hydrogens is 268 g/mol. The molecule has 0 aromatic carbocycles. The van der Waals surface area contributed by atoms with Crippen molar-refractivity contribution < 1.29 is 14.7 Å². The van der Waals surface area contributed by atoms with Gasteiger partial charge in [0.25, 0.3) is 0 Å². The van der Waals surface area contributed by atoms with Crippen molar-refractivity contribution in [1.29, 1.82) is 0 Å². The molecule has 2 amide bonds. The molecule has 2 fully saturated rings. The number of hydrogen-bond donors (Lipinski definition) is 3. The maximum absolute atomic E-state index is 12.2. The molecule has 2 saturated carbocycles. The van der Waals surface area contributed by atoms with E-state index in [2.05, 4.69) is 10.6 Å². The van der Waals surface area contributed by atoms with Gasteiger partial charge in [-0.3, -0.25) is 9.59 Å². The standard InChI is InChI=1S/C16H28N2O3/c1-17-15(20)12-7-3-4-8-13(12)18-14(19)11-16(21)9-5-2-6-10-16/h12-13,21H,2-11H2,1H3,(H,17,20)(H,18,19). The van der Waals surface area contributed by atoms with Crippen molar-refractivity contribution in [3.63, 3.8) is 0 Å². The molecule has 5 nitrogen and oxygen atoms in total. The lowest BCUT2D eigenvalue weighted by atomic mass is 9.81. The lowest BCUT2D eigenvalue weighted by Crippen LogP contribution is -2.49. The highest BCUT2D eigenvalue weighted by Gasteiger charge is 2.35. The van der Waals surface area contributed by atoms with Crippen LogP contribution in [0.2, 0.25) is 0 Å². The lowest BCUT2D eigenvalue weighted by molar-refractivity contribution is -0.130. The summed E-state index contributed by atoms with van der Waals surface area (Å²) in [6, 6.07) is -0.0848. The van der Waals surface area contributed by atoms with Crippen LogP contribution >= 0.6 is 0 Å². The van der Waals surface area contributed by atoms with E-state index in [4.69, 9.17) is 0 Å². The van der Waals surface area contributed by atoms with Crippen molar-refractivity contribution in [2.75, 3.05) is 7.05 Å². The van der Waals surface area contributed by atoms with Crippen molar-refractivity contribution in [1.82, 2.24) is 10.6 Å². The molecule has 3 N–H and O–H groups in total. The Morgan fingerprint density at radius 3 is 2.43 bits per heavy atom. The Morgan fingerprint density at radius 2 is 1.76 bits per heavy atom. The second-order valence-corrected chi connectivity index (χ2v) is 6.64. The maximum atomic E-state index is 12.2. The van der Waals surface area contributed by atoms with E-state index in [1.807, 2.05) is 0 Å². The third-order valence-electron chi connectivity index (χ3n) is 4.97. The summed E-state index contributed by atoms with van der Waals surface area (Å²) in [4.78, 5) is 24.1. The van der Waals surface area contributed by atoms with Crippen LogP contribution in [-0.4, -0.2) is 35.6 Å². The number of carbonyl (C=O) groups excluding carboxylic acids is 2. The summed E-state index contributed by atoms with van der Waals surface area (Å²) < 4.78 is 0. The van der Waals surface area contributed by atoms with Gasteiger partial charge in [0.15, 0.2) is 0 Å². The maximum Gasteiger partial charge on any atom is 0.224 e. The number of rotatable bonds is 4. The minimum absolute atomic E-state index is 0.0105. The van der Waals surface area contributed by atoms with Gasteiger partial charge in [-0.1, -0.05) is 32.1 Å². The van der Waals surface area contributed by atoms with Crippen LogP contribution in [0.3, 0.4) is 0 Å². The normalized spacial score (nSPS) is 28.7. The number of amides is 2. The molecule has 0 aromatic rings. The highest BCUT2D eigenvalue weighted by Crippen LogP contribution is 2.31. The molecule has 0 saturated heterocycles. The van der Waals surface area contributed by atoms with Crippen molar-refractivity contribution in [3.05, 3.63) is 0 Å². The first-order valence-corrected chi connectivity index (χ1v) is 8.27. The first-order chi connectivity index (χ1) is 10.0. The smallest absolute Gasteiger partial charge is 0.224 e. The summed E-state index contributed by atoms with van der Waals surface area (Å²) in [6.07, 6.45) is 8.49. The minimum Gasteiger partial charge on any atom is -0.389 e. The molecule has 2 atom stereocenters. The fourth-order valence-electron chi connectivity index (χ4n) is 3.75. The number of aliphatic hydroxyl groups is 1. The Hall–Kier alpha value is -1.10. The van der Waals surface area contributed by atoms with Gasteiger partial charge in [0.05, 0.1) is 17.9 Å². The largest absolute Gasteiger partial charge is 0.389 e. The zero-order chi connectivity index (χ0) is 15.3. The van der Waals surface area contributed by atoms with Crippen molar-refractivity contribution in [2.24, 2.45) is 5.92 Å². The second kappa shape index (κ2) is 7.25. The van der Waals surface area contributed by atoms with E-state index in [0.717, 1.165) is 44.9 Å². The molecule has 0 aromatic heterocycles. The van der Waals surface area contributed by atoms with Crippen LogP contribution in [-0.2, 0) is 9.59 Å². The van der Waals surface area contributed by atoms with Crippen LogP contribution in [0, 0.1) is 5.92 Å². The fraction of sp³-hybridized carbons (Fsp3) is 0.875. The van der Waals surface area contributed by atoms with Gasteiger partial charge in [-0.05, 0) is 25.7 Å². The van der Waals surface area contributed by atoms with Gasteiger partial charge in [0, 0.05) is 13.1 Å². The summed E-state index contributed by atoms with van der Waals surface area (Å²) in [5, 5.41) is 16.1. The van der Waals surface area contributed by atoms with E-state index in [1.54, 1.807) is 7.05 Å². The Morgan fingerprint density at radius 1 is 1.10 bits per heavy atom. The Bertz CT molecular complexity index is 378. The minimum atomic E-state index is -0.834. The number of hydrogen-bond acceptors (Lipinski definition) is 3. The number of carbonyl (C=O) groups is 2. The molecule has 0 spiro atoms. The van der Waals surface area contributed by atoms with E-state index in [1.165, 1.54) is 0 Å². The summed E-state index contributed by atoms with van der Waals surface area (Å²) in [6.45, 7) is 0. The van der Waals surface area contributed by atoms with Crippen LogP contribution in [0.1, 0.15) is 64.2 Å². The molecule has 0 aliphatic heterocycles. The molecule has 2 unspecified atom stereocenters. The number of nitrogens with one attached hydrogen (secondary N) is 2. The summed E-state index contributed by atoms with van der Waals surface area (Å²) in [5.41, 5.74) is -0.834. The van der Waals surface area contributed by atoms with Crippen LogP contribution in [0.4, 0.5) is 0 Å². The van der Waals surface area contributed by atoms with Gasteiger partial charge in [0.2, 0.25) is 11.8 Å². The van der Waals surface area contributed by atoms with E-state index in [9.17, 15) is 14.7 Å². The SMILES string of the molecule is CNC(=O)C1CCCCC1NC(=O)CC1(O)CCCCC1. The van der Waals surface area contributed by atoms with Crippen LogP contribution in [0.25, 0.3) is 0 Å². The van der Waals surface area contributed by atoms with E-state index in [-0.39, 0.29) is 30.2 Å². The third-order valence-corrected chi connectivity index (χ3v) is 4.97. The molecule has 5 heteroatoms. The van der Waals surface area contributed by atoms with Gasteiger partial charge in [-0.25, -0.2) is 0 Å². The van der Waals surface area contributed by atoms with Gasteiger partial charge in [-0.15, -0.1) is 0 Å². The average Bonchev–Trinajstić information content (AvgIpc) is 2.47. The van der Waals surface area contributed by atoms with Gasteiger partial charge in [-0.2, -0.15) is 0 Å². The van der Waals surface area contributed by atoms with Gasteiger partial charge >= 0.3 is 0 Å². The molecule has 2 rings (SSSR count). The molecule has 120 valence electrons. The molecule has 21 heavy (non-hydrogen) atoms. The van der Waals surface area contributed by atoms with Crippen LogP contribution in [0.15, 0.2) is 0 Å². The average molecular weight is 296 g/mol. The highest BCUT2D eigenvalue weighted by molar-refractivity contribution is 5.82. The lowest BCUT2D eigenvalue weighted by Gasteiger charge is -2.34. The van der Waals surface area contributed by atoms with Crippen molar-refractivity contribution >= 4 is 11.8 Å². The molecule has 2 aliphatic carbocycles. The monoisotopic (exact) mass is 296 g/mol. The van der Waals surface area contributed by atoms with Crippen molar-refractivity contribution in [3.8, 4) is 0 Å². The molecule has 0 bridgehead atoms. The van der Waals surface area contributed by atoms with Gasteiger partial charge < -0.3 is 15.7 Å². The molecular formula is C16H28N2O3. The molecule has 0 radical (unpaired) electrons. The zero-order valence-electron chi connectivity index (χ0n) is 13.0. The third kappa shape index (κ3) is 4.43. The topological polar surface area (TPSA) is 78.4 Å². The predicted octanol–water partition coefficient (Wildman–Crippen LogP) is 1.49. The first kappa shape index (κ1) is 16.3. The molecule has 2 aliphatic rings. The Labute approximate surface area is 126 Å². The van der Waals surface area contributed by atoms with Crippen LogP contribution in [0.5, 0.6) is 0 Å². The van der Waals surface area contributed by atoms with E-state index >= 15 is 0 Å². The summed E-state index contributed by atoms with van der Waals surface area (Å²) >= 11 is 0. The fourth-order valence-corrected chi connectivity index (χ4v) is 3.75. The van der Waals surface area contributed by atoms with Crippen molar-refractivity contribution in [2.45, 2.75) is 75.9 Å². The zero-order valence-corrected chi connectivity index (χ0v) is 13.0. The second-order valence-electron chi connectivity index (χ2n) is 6.64. The Balaban J connectivity index is 1.89. The van der Waals surface area contributed by atoms with E-state index in [0.29, 0.717) is 12.8 Å².